The number of nitriles is 1. The minimum atomic E-state index is 0.000543. The second kappa shape index (κ2) is 6.34. The van der Waals surface area contributed by atoms with Crippen LogP contribution in [0.25, 0.3) is 0 Å². The normalized spacial score (nSPS) is 17.2. The van der Waals surface area contributed by atoms with Crippen molar-refractivity contribution < 1.29 is 4.79 Å². The van der Waals surface area contributed by atoms with Crippen LogP contribution in [-0.4, -0.2) is 46.9 Å². The molecule has 0 saturated carbocycles. The van der Waals surface area contributed by atoms with E-state index in [1.165, 1.54) is 5.56 Å². The lowest BCUT2D eigenvalue weighted by molar-refractivity contribution is 0.0582. The number of piperazine rings is 1. The smallest absolute Gasteiger partial charge is 0.255 e. The number of thiophene rings is 1. The van der Waals surface area contributed by atoms with Crippen LogP contribution >= 0.6 is 11.3 Å². The van der Waals surface area contributed by atoms with E-state index in [1.807, 2.05) is 11.0 Å². The predicted octanol–water partition coefficient (Wildman–Crippen LogP) is 2.47. The fourth-order valence-electron chi connectivity index (χ4n) is 2.80. The molecule has 3 heterocycles. The summed E-state index contributed by atoms with van der Waals surface area (Å²) in [4.78, 5) is 19.5. The third-order valence-corrected chi connectivity index (χ3v) is 4.93. The molecule has 0 bridgehead atoms. The predicted molar refractivity (Wildman–Crippen MR) is 85.7 cm³/mol. The van der Waals surface area contributed by atoms with Crippen LogP contribution in [0.2, 0.25) is 0 Å². The van der Waals surface area contributed by atoms with E-state index in [-0.39, 0.29) is 5.91 Å². The Morgan fingerprint density at radius 1 is 1.41 bits per heavy atom. The highest BCUT2D eigenvalue weighted by Crippen LogP contribution is 2.23. The highest BCUT2D eigenvalue weighted by molar-refractivity contribution is 7.07. The van der Waals surface area contributed by atoms with Crippen LogP contribution in [-0.2, 0) is 0 Å². The van der Waals surface area contributed by atoms with Gasteiger partial charge in [-0.15, -0.1) is 0 Å². The first kappa shape index (κ1) is 14.8. The average Bonchev–Trinajstić information content (AvgIpc) is 3.25. The van der Waals surface area contributed by atoms with E-state index >= 15 is 0 Å². The molecule has 0 radical (unpaired) electrons. The zero-order valence-electron chi connectivity index (χ0n) is 12.5. The Kier molecular flexibility index (Phi) is 4.27. The number of hydrogen-bond donors (Lipinski definition) is 1. The van der Waals surface area contributed by atoms with E-state index in [2.05, 4.69) is 33.6 Å². The second-order valence-corrected chi connectivity index (χ2v) is 6.25. The number of carbonyl (C=O) groups is 1. The number of nitrogens with one attached hydrogen (secondary N) is 1. The van der Waals surface area contributed by atoms with Gasteiger partial charge in [-0.3, -0.25) is 9.69 Å². The first-order chi connectivity index (χ1) is 10.7. The van der Waals surface area contributed by atoms with Crippen LogP contribution in [0.15, 0.2) is 29.1 Å². The summed E-state index contributed by atoms with van der Waals surface area (Å²) in [7, 11) is 0. The first-order valence-electron chi connectivity index (χ1n) is 7.33. The van der Waals surface area contributed by atoms with E-state index in [0.717, 1.165) is 26.2 Å². The van der Waals surface area contributed by atoms with Crippen LogP contribution in [0.3, 0.4) is 0 Å². The Hall–Kier alpha value is -2.10. The molecule has 114 valence electrons. The van der Waals surface area contributed by atoms with Crippen LogP contribution in [0, 0.1) is 11.3 Å². The molecule has 2 aromatic rings. The van der Waals surface area contributed by atoms with Gasteiger partial charge in [0.2, 0.25) is 0 Å². The number of rotatable bonds is 3. The van der Waals surface area contributed by atoms with Gasteiger partial charge in [0.1, 0.15) is 11.8 Å². The first-order valence-corrected chi connectivity index (χ1v) is 8.27. The molecule has 6 heteroatoms. The highest BCUT2D eigenvalue weighted by Gasteiger charge is 2.25. The minimum absolute atomic E-state index is 0.000543. The molecule has 0 aromatic carbocycles. The Morgan fingerprint density at radius 2 is 2.18 bits per heavy atom. The van der Waals surface area contributed by atoms with E-state index in [4.69, 9.17) is 5.26 Å². The maximum atomic E-state index is 12.4. The van der Waals surface area contributed by atoms with Crippen molar-refractivity contribution in [3.8, 4) is 6.07 Å². The molecule has 1 fully saturated rings. The van der Waals surface area contributed by atoms with Crippen LogP contribution < -0.4 is 0 Å². The summed E-state index contributed by atoms with van der Waals surface area (Å²) in [6, 6.07) is 6.18. The maximum Gasteiger partial charge on any atom is 0.255 e. The number of hydrogen-bond acceptors (Lipinski definition) is 4. The van der Waals surface area contributed by atoms with Gasteiger partial charge in [-0.2, -0.15) is 16.6 Å². The average molecular weight is 314 g/mol. The number of nitrogens with zero attached hydrogens (tertiary/aromatic N) is 3. The molecule has 1 N–H and O–H groups in total. The van der Waals surface area contributed by atoms with Gasteiger partial charge in [-0.25, -0.2) is 0 Å². The van der Waals surface area contributed by atoms with Crippen molar-refractivity contribution in [2.75, 3.05) is 26.2 Å². The zero-order chi connectivity index (χ0) is 15.5. The van der Waals surface area contributed by atoms with E-state index in [9.17, 15) is 4.79 Å². The van der Waals surface area contributed by atoms with Gasteiger partial charge in [0, 0.05) is 38.4 Å². The van der Waals surface area contributed by atoms with Gasteiger partial charge in [-0.05, 0) is 35.4 Å². The zero-order valence-corrected chi connectivity index (χ0v) is 13.3. The molecule has 1 saturated heterocycles. The van der Waals surface area contributed by atoms with Crippen molar-refractivity contribution in [3.63, 3.8) is 0 Å². The Morgan fingerprint density at radius 3 is 2.77 bits per heavy atom. The Balaban J connectivity index is 1.59. The number of aromatic nitrogens is 1. The van der Waals surface area contributed by atoms with Crippen molar-refractivity contribution in [1.29, 1.82) is 5.26 Å². The molecule has 0 spiro atoms. The highest BCUT2D eigenvalue weighted by atomic mass is 32.1. The summed E-state index contributed by atoms with van der Waals surface area (Å²) in [5, 5.41) is 13.1. The van der Waals surface area contributed by atoms with Crippen molar-refractivity contribution in [2.45, 2.75) is 13.0 Å². The summed E-state index contributed by atoms with van der Waals surface area (Å²) < 4.78 is 0. The molecule has 1 aliphatic rings. The summed E-state index contributed by atoms with van der Waals surface area (Å²) in [5.41, 5.74) is 2.33. The van der Waals surface area contributed by atoms with E-state index < -0.39 is 0 Å². The lowest BCUT2D eigenvalue weighted by Crippen LogP contribution is -2.49. The fraction of sp³-hybridized carbons (Fsp3) is 0.375. The monoisotopic (exact) mass is 314 g/mol. The lowest BCUT2D eigenvalue weighted by atomic mass is 10.1. The topological polar surface area (TPSA) is 63.1 Å². The molecule has 2 aromatic heterocycles. The fourth-order valence-corrected chi connectivity index (χ4v) is 3.55. The molecule has 3 rings (SSSR count). The third kappa shape index (κ3) is 2.91. The van der Waals surface area contributed by atoms with E-state index in [0.29, 0.717) is 17.3 Å². The molecule has 1 amide bonds. The molecular formula is C16H18N4OS. The van der Waals surface area contributed by atoms with Crippen molar-refractivity contribution in [3.05, 3.63) is 45.9 Å². The molecule has 0 unspecified atom stereocenters. The van der Waals surface area contributed by atoms with Crippen molar-refractivity contribution >= 4 is 17.2 Å². The molecular weight excluding hydrogens is 296 g/mol. The Bertz CT molecular complexity index is 677. The van der Waals surface area contributed by atoms with Crippen LogP contribution in [0.1, 0.15) is 34.6 Å². The van der Waals surface area contributed by atoms with Crippen LogP contribution in [0.4, 0.5) is 0 Å². The lowest BCUT2D eigenvalue weighted by Gasteiger charge is -2.37. The summed E-state index contributed by atoms with van der Waals surface area (Å²) in [6.07, 6.45) is 1.61. The van der Waals surface area contributed by atoms with Gasteiger partial charge in [0.05, 0.1) is 5.56 Å². The summed E-state index contributed by atoms with van der Waals surface area (Å²) in [5.74, 6) is 0.000543. The van der Waals surface area contributed by atoms with Gasteiger partial charge in [0.25, 0.3) is 5.91 Å². The maximum absolute atomic E-state index is 12.4. The molecule has 5 nitrogen and oxygen atoms in total. The van der Waals surface area contributed by atoms with Crippen molar-refractivity contribution in [2.24, 2.45) is 0 Å². The molecule has 1 atom stereocenters. The van der Waals surface area contributed by atoms with Gasteiger partial charge >= 0.3 is 0 Å². The van der Waals surface area contributed by atoms with Crippen molar-refractivity contribution in [1.82, 2.24) is 14.8 Å². The quantitative estimate of drug-likeness (QED) is 0.946. The third-order valence-electron chi connectivity index (χ3n) is 4.23. The SMILES string of the molecule is C[C@@H](c1ccsc1)N1CCN(C(=O)c2c[nH]c(C#N)c2)CC1. The molecule has 1 aliphatic heterocycles. The standard InChI is InChI=1S/C16H18N4OS/c1-12(13-2-7-22-11-13)19-3-5-20(6-4-19)16(21)14-8-15(9-17)18-10-14/h2,7-8,10-12,18H,3-6H2,1H3/t12-/m0/s1. The molecule has 22 heavy (non-hydrogen) atoms. The van der Waals surface area contributed by atoms with Crippen LogP contribution in [0.5, 0.6) is 0 Å². The molecule has 0 aliphatic carbocycles. The summed E-state index contributed by atoms with van der Waals surface area (Å²) in [6.45, 7) is 5.40. The Labute approximate surface area is 133 Å². The minimum Gasteiger partial charge on any atom is -0.352 e. The van der Waals surface area contributed by atoms with Gasteiger partial charge in [-0.1, -0.05) is 0 Å². The number of H-pyrrole nitrogens is 1. The number of aromatic amines is 1. The number of amides is 1. The van der Waals surface area contributed by atoms with E-state index in [1.54, 1.807) is 23.6 Å². The summed E-state index contributed by atoms with van der Waals surface area (Å²) >= 11 is 1.72. The largest absolute Gasteiger partial charge is 0.352 e. The number of carbonyl (C=O) groups excluding carboxylic acids is 1. The second-order valence-electron chi connectivity index (χ2n) is 5.47. The van der Waals surface area contributed by atoms with Gasteiger partial charge in [0.15, 0.2) is 0 Å². The van der Waals surface area contributed by atoms with Gasteiger partial charge < -0.3 is 9.88 Å².